The second-order valence-electron chi connectivity index (χ2n) is 7.99. The number of carbonyl (C=O) groups excluding carboxylic acids is 1. The average molecular weight is 560 g/mol. The fraction of sp³-hybridized carbons (Fsp3) is 0.0400. The third-order valence-electron chi connectivity index (χ3n) is 5.65. The number of halogens is 3. The summed E-state index contributed by atoms with van der Waals surface area (Å²) in [6.45, 7) is -0.339. The van der Waals surface area contributed by atoms with E-state index in [9.17, 15) is 26.8 Å². The Morgan fingerprint density at radius 2 is 1.89 bits per heavy atom. The quantitative estimate of drug-likeness (QED) is 0.300. The van der Waals surface area contributed by atoms with Gasteiger partial charge < -0.3 is 9.55 Å². The van der Waals surface area contributed by atoms with Crippen molar-refractivity contribution in [3.8, 4) is 11.1 Å². The van der Waals surface area contributed by atoms with Crippen molar-refractivity contribution in [2.75, 3.05) is 0 Å². The first-order chi connectivity index (χ1) is 17.7. The number of pyridine rings is 1. The van der Waals surface area contributed by atoms with E-state index in [2.05, 4.69) is 4.98 Å². The first-order valence-corrected chi connectivity index (χ1v) is 13.4. The number of carbonyl (C=O) groups is 1. The molecule has 0 saturated heterocycles. The summed E-state index contributed by atoms with van der Waals surface area (Å²) in [5, 5.41) is 2.17. The molecule has 5 aromatic rings. The molecular weight excluding hydrogens is 544 g/mol. The standard InChI is InChI=1S/C25H16ClF2N3O4S2/c26-15-5-8-20-18(12-15)22(17-3-1-9-29-24(17)32)23(25(33)30-37(34,35)21-4-2-10-36-21)31(20)13-14-11-16(27)6-7-19(14)28/h1-12H,13H2,(H,29,32)(H,30,33). The lowest BCUT2D eigenvalue weighted by atomic mass is 10.0. The third-order valence-corrected chi connectivity index (χ3v) is 8.61. The van der Waals surface area contributed by atoms with E-state index in [-0.39, 0.29) is 38.2 Å². The second kappa shape index (κ2) is 9.58. The average Bonchev–Trinajstić information content (AvgIpc) is 3.49. The summed E-state index contributed by atoms with van der Waals surface area (Å²) in [5.74, 6) is -2.48. The van der Waals surface area contributed by atoms with Crippen molar-refractivity contribution < 1.29 is 22.0 Å². The van der Waals surface area contributed by atoms with Gasteiger partial charge in [-0.15, -0.1) is 11.3 Å². The molecular formula is C25H16ClF2N3O4S2. The van der Waals surface area contributed by atoms with E-state index in [0.29, 0.717) is 10.9 Å². The summed E-state index contributed by atoms with van der Waals surface area (Å²) in [5.41, 5.74) is -0.367. The van der Waals surface area contributed by atoms with Gasteiger partial charge in [0.25, 0.3) is 21.5 Å². The zero-order chi connectivity index (χ0) is 26.3. The highest BCUT2D eigenvalue weighted by Gasteiger charge is 2.29. The van der Waals surface area contributed by atoms with Gasteiger partial charge in [0.1, 0.15) is 21.5 Å². The molecule has 0 unspecified atom stereocenters. The maximum atomic E-state index is 14.7. The topological polar surface area (TPSA) is 101 Å². The van der Waals surface area contributed by atoms with Crippen LogP contribution in [0.1, 0.15) is 16.1 Å². The summed E-state index contributed by atoms with van der Waals surface area (Å²) in [7, 11) is -4.26. The van der Waals surface area contributed by atoms with E-state index in [1.807, 2.05) is 4.72 Å². The van der Waals surface area contributed by atoms with Gasteiger partial charge in [0.2, 0.25) is 0 Å². The molecule has 0 aliphatic carbocycles. The normalized spacial score (nSPS) is 11.6. The first-order valence-electron chi connectivity index (χ1n) is 10.7. The van der Waals surface area contributed by atoms with Crippen molar-refractivity contribution in [1.82, 2.24) is 14.3 Å². The van der Waals surface area contributed by atoms with Crippen LogP contribution in [-0.4, -0.2) is 23.9 Å². The van der Waals surface area contributed by atoms with Gasteiger partial charge in [-0.2, -0.15) is 0 Å². The number of amides is 1. The van der Waals surface area contributed by atoms with Crippen molar-refractivity contribution in [3.05, 3.63) is 111 Å². The number of H-pyrrole nitrogens is 1. The van der Waals surface area contributed by atoms with E-state index in [1.165, 1.54) is 41.1 Å². The summed E-state index contributed by atoms with van der Waals surface area (Å²) in [6.07, 6.45) is 1.40. The monoisotopic (exact) mass is 559 g/mol. The van der Waals surface area contributed by atoms with Crippen molar-refractivity contribution in [2.45, 2.75) is 10.8 Å². The molecule has 3 heterocycles. The second-order valence-corrected chi connectivity index (χ2v) is 11.3. The molecule has 12 heteroatoms. The molecule has 3 aromatic heterocycles. The molecule has 0 aliphatic heterocycles. The number of hydrogen-bond donors (Lipinski definition) is 2. The minimum absolute atomic E-state index is 0.0619. The van der Waals surface area contributed by atoms with Crippen LogP contribution in [0.25, 0.3) is 22.0 Å². The Labute approximate surface area is 218 Å². The Hall–Kier alpha value is -3.80. The van der Waals surface area contributed by atoms with Crippen LogP contribution in [0, 0.1) is 11.6 Å². The van der Waals surface area contributed by atoms with Crippen molar-refractivity contribution in [2.24, 2.45) is 0 Å². The number of hydrogen-bond acceptors (Lipinski definition) is 5. The fourth-order valence-electron chi connectivity index (χ4n) is 4.09. The van der Waals surface area contributed by atoms with E-state index in [0.717, 1.165) is 29.5 Å². The molecule has 1 amide bonds. The predicted molar refractivity (Wildman–Crippen MR) is 137 cm³/mol. The number of fused-ring (bicyclic) bond motifs is 1. The Morgan fingerprint density at radius 1 is 1.08 bits per heavy atom. The van der Waals surface area contributed by atoms with Crippen LogP contribution in [0.3, 0.4) is 0 Å². The van der Waals surface area contributed by atoms with E-state index < -0.39 is 33.1 Å². The van der Waals surface area contributed by atoms with Gasteiger partial charge in [-0.25, -0.2) is 21.9 Å². The van der Waals surface area contributed by atoms with Gasteiger partial charge in [-0.05, 0) is 60.0 Å². The number of aromatic amines is 1. The number of benzene rings is 2. The lowest BCUT2D eigenvalue weighted by molar-refractivity contribution is 0.0974. The number of aromatic nitrogens is 2. The Bertz CT molecular complexity index is 1830. The van der Waals surface area contributed by atoms with Gasteiger partial charge >= 0.3 is 0 Å². The summed E-state index contributed by atoms with van der Waals surface area (Å²) in [4.78, 5) is 29.0. The molecule has 5 rings (SSSR count). The molecule has 0 bridgehead atoms. The molecule has 0 aliphatic rings. The molecule has 37 heavy (non-hydrogen) atoms. The highest BCUT2D eigenvalue weighted by Crippen LogP contribution is 2.36. The zero-order valence-corrected chi connectivity index (χ0v) is 21.1. The number of sulfonamides is 1. The van der Waals surface area contributed by atoms with Gasteiger partial charge in [0.05, 0.1) is 6.54 Å². The lowest BCUT2D eigenvalue weighted by Crippen LogP contribution is -2.32. The SMILES string of the molecule is O=C(NS(=O)(=O)c1cccs1)c1c(-c2ccc[nH]c2=O)c2cc(Cl)ccc2n1Cc1cc(F)ccc1F. The van der Waals surface area contributed by atoms with Crippen molar-refractivity contribution in [3.63, 3.8) is 0 Å². The summed E-state index contributed by atoms with van der Waals surface area (Å²) >= 11 is 7.15. The number of rotatable bonds is 6. The minimum Gasteiger partial charge on any atom is -0.331 e. The zero-order valence-electron chi connectivity index (χ0n) is 18.7. The largest absolute Gasteiger partial charge is 0.331 e. The van der Waals surface area contributed by atoms with Crippen LogP contribution in [0.4, 0.5) is 8.78 Å². The highest BCUT2D eigenvalue weighted by molar-refractivity contribution is 7.92. The molecule has 0 radical (unpaired) electrons. The van der Waals surface area contributed by atoms with Gasteiger partial charge in [0.15, 0.2) is 0 Å². The van der Waals surface area contributed by atoms with Crippen LogP contribution in [-0.2, 0) is 16.6 Å². The van der Waals surface area contributed by atoms with Crippen LogP contribution >= 0.6 is 22.9 Å². The Kier molecular flexibility index (Phi) is 6.44. The molecule has 0 fully saturated rings. The Balaban J connectivity index is 1.81. The predicted octanol–water partition coefficient (Wildman–Crippen LogP) is 5.16. The van der Waals surface area contributed by atoms with Gasteiger partial charge in [0, 0.05) is 38.8 Å². The van der Waals surface area contributed by atoms with Crippen molar-refractivity contribution in [1.29, 1.82) is 0 Å². The first kappa shape index (κ1) is 24.9. The maximum Gasteiger partial charge on any atom is 0.282 e. The van der Waals surface area contributed by atoms with Crippen LogP contribution < -0.4 is 10.3 Å². The number of thiophene rings is 1. The highest BCUT2D eigenvalue weighted by atomic mass is 35.5. The third kappa shape index (κ3) is 4.68. The molecule has 0 saturated carbocycles. The lowest BCUT2D eigenvalue weighted by Gasteiger charge is -2.13. The molecule has 2 aromatic carbocycles. The van der Waals surface area contributed by atoms with E-state index in [4.69, 9.17) is 11.6 Å². The van der Waals surface area contributed by atoms with E-state index in [1.54, 1.807) is 17.5 Å². The smallest absolute Gasteiger partial charge is 0.282 e. The Morgan fingerprint density at radius 3 is 2.62 bits per heavy atom. The number of nitrogens with zero attached hydrogens (tertiary/aromatic N) is 1. The van der Waals surface area contributed by atoms with Crippen molar-refractivity contribution >= 4 is 49.8 Å². The van der Waals surface area contributed by atoms with E-state index >= 15 is 0 Å². The summed E-state index contributed by atoms with van der Waals surface area (Å²) < 4.78 is 57.7. The molecule has 2 N–H and O–H groups in total. The fourth-order valence-corrected chi connectivity index (χ4v) is 6.21. The molecule has 7 nitrogen and oxygen atoms in total. The molecule has 188 valence electrons. The number of nitrogens with one attached hydrogen (secondary N) is 2. The molecule has 0 spiro atoms. The minimum atomic E-state index is -4.26. The van der Waals surface area contributed by atoms with Gasteiger partial charge in [-0.1, -0.05) is 17.7 Å². The van der Waals surface area contributed by atoms with Crippen LogP contribution in [0.15, 0.2) is 81.2 Å². The van der Waals surface area contributed by atoms with Crippen LogP contribution in [0.2, 0.25) is 5.02 Å². The maximum absolute atomic E-state index is 14.7. The summed E-state index contributed by atoms with van der Waals surface area (Å²) in [6, 6.07) is 13.4. The molecule has 0 atom stereocenters. The van der Waals surface area contributed by atoms with Crippen LogP contribution in [0.5, 0.6) is 0 Å². The van der Waals surface area contributed by atoms with Gasteiger partial charge in [-0.3, -0.25) is 9.59 Å².